The number of halogens is 5. The summed E-state index contributed by atoms with van der Waals surface area (Å²) >= 11 is 6.76. The molecule has 3 aromatic rings. The SMILES string of the molecule is Cc1cc(N)nc(-c2c(Cl)c3c4c(nc(OCC5(C)COC5)nc4c2F)N2C[C@H]4CC[C@H](C4)[C@H]2CO3)c1C(F)(F)F. The second kappa shape index (κ2) is 9.19. The van der Waals surface area contributed by atoms with E-state index in [1.165, 1.54) is 6.92 Å². The van der Waals surface area contributed by atoms with E-state index in [0.29, 0.717) is 37.4 Å². The largest absolute Gasteiger partial charge is 0.489 e. The van der Waals surface area contributed by atoms with Crippen LogP contribution in [-0.2, 0) is 10.9 Å². The zero-order valence-corrected chi connectivity index (χ0v) is 23.2. The van der Waals surface area contributed by atoms with Gasteiger partial charge >= 0.3 is 12.2 Å². The van der Waals surface area contributed by atoms with Crippen molar-refractivity contribution in [1.29, 1.82) is 0 Å². The van der Waals surface area contributed by atoms with Gasteiger partial charge in [0.05, 0.1) is 46.5 Å². The lowest BCUT2D eigenvalue weighted by Crippen LogP contribution is -2.48. The Morgan fingerprint density at radius 2 is 2.00 bits per heavy atom. The maximum atomic E-state index is 16.6. The monoisotopic (exact) mass is 593 g/mol. The fourth-order valence-corrected chi connectivity index (χ4v) is 7.12. The molecule has 3 atom stereocenters. The zero-order valence-electron chi connectivity index (χ0n) is 22.4. The normalized spacial score (nSPS) is 24.5. The Morgan fingerprint density at radius 1 is 1.22 bits per heavy atom. The predicted molar refractivity (Wildman–Crippen MR) is 144 cm³/mol. The number of alkyl halides is 3. The summed E-state index contributed by atoms with van der Waals surface area (Å²) in [5.74, 6) is -0.0587. The van der Waals surface area contributed by atoms with Crippen LogP contribution in [0, 0.1) is 30.0 Å². The number of nitrogen functional groups attached to an aromatic ring is 1. The summed E-state index contributed by atoms with van der Waals surface area (Å²) in [4.78, 5) is 15.2. The van der Waals surface area contributed by atoms with Crippen molar-refractivity contribution in [2.24, 2.45) is 17.3 Å². The Labute approximate surface area is 238 Å². The lowest BCUT2D eigenvalue weighted by Gasteiger charge is -2.40. The minimum absolute atomic E-state index is 0.0271. The molecule has 218 valence electrons. The van der Waals surface area contributed by atoms with Crippen molar-refractivity contribution in [1.82, 2.24) is 15.0 Å². The van der Waals surface area contributed by atoms with E-state index in [9.17, 15) is 13.2 Å². The summed E-state index contributed by atoms with van der Waals surface area (Å²) in [5.41, 5.74) is 2.72. The third-order valence-corrected chi connectivity index (χ3v) is 9.16. The number of ether oxygens (including phenoxy) is 3. The molecule has 1 aliphatic carbocycles. The van der Waals surface area contributed by atoms with Crippen molar-refractivity contribution in [2.45, 2.75) is 45.3 Å². The number of nitrogens with two attached hydrogens (primary N) is 1. The van der Waals surface area contributed by atoms with E-state index in [2.05, 4.69) is 14.9 Å². The van der Waals surface area contributed by atoms with E-state index in [1.807, 2.05) is 6.92 Å². The molecule has 2 N–H and O–H groups in total. The van der Waals surface area contributed by atoms with Crippen LogP contribution >= 0.6 is 11.6 Å². The molecule has 2 aromatic heterocycles. The summed E-state index contributed by atoms with van der Waals surface area (Å²) in [6.07, 6.45) is -1.71. The van der Waals surface area contributed by atoms with Crippen LogP contribution in [0.1, 0.15) is 37.3 Å². The average Bonchev–Trinajstić information content (AvgIpc) is 3.18. The van der Waals surface area contributed by atoms with E-state index in [1.54, 1.807) is 0 Å². The Kier molecular flexibility index (Phi) is 6.00. The molecule has 0 radical (unpaired) electrons. The number of rotatable bonds is 4. The molecule has 2 bridgehead atoms. The molecular formula is C28H28ClF4N5O3. The van der Waals surface area contributed by atoms with Gasteiger partial charge in [-0.2, -0.15) is 23.1 Å². The van der Waals surface area contributed by atoms with Crippen molar-refractivity contribution in [3.05, 3.63) is 28.0 Å². The molecule has 2 saturated heterocycles. The first kappa shape index (κ1) is 26.8. The number of nitrogens with zero attached hydrogens (tertiary/aromatic N) is 4. The van der Waals surface area contributed by atoms with Gasteiger partial charge in [-0.3, -0.25) is 0 Å². The Balaban J connectivity index is 1.49. The van der Waals surface area contributed by atoms with Crippen molar-refractivity contribution < 1.29 is 31.8 Å². The molecule has 8 nitrogen and oxygen atoms in total. The zero-order chi connectivity index (χ0) is 28.8. The number of hydrogen-bond acceptors (Lipinski definition) is 8. The molecule has 3 aliphatic heterocycles. The number of pyridine rings is 1. The number of aryl methyl sites for hydroxylation is 1. The highest BCUT2D eigenvalue weighted by atomic mass is 35.5. The molecule has 41 heavy (non-hydrogen) atoms. The van der Waals surface area contributed by atoms with E-state index in [4.69, 9.17) is 36.5 Å². The molecule has 0 amide bonds. The van der Waals surface area contributed by atoms with Gasteiger partial charge < -0.3 is 24.8 Å². The third kappa shape index (κ3) is 4.24. The molecule has 13 heteroatoms. The van der Waals surface area contributed by atoms with Gasteiger partial charge in [-0.15, -0.1) is 0 Å². The molecule has 1 saturated carbocycles. The minimum atomic E-state index is -4.86. The average molecular weight is 594 g/mol. The van der Waals surface area contributed by atoms with Crippen LogP contribution in [0.2, 0.25) is 5.02 Å². The first-order chi connectivity index (χ1) is 19.4. The second-order valence-electron chi connectivity index (χ2n) is 12.0. The fraction of sp³-hybridized carbons (Fsp3) is 0.536. The molecule has 5 heterocycles. The van der Waals surface area contributed by atoms with Crippen LogP contribution in [0.4, 0.5) is 29.2 Å². The maximum absolute atomic E-state index is 16.6. The standard InChI is InChI=1S/C28H28ClF4N5O3/c1-12-5-16(34)35-22(19(12)28(31,32)33)17-20(29)24-18-23(21(17)30)36-26(41-11-27(2)9-39-10-27)37-25(18)38-7-13-3-4-14(6-13)15(38)8-40-24/h5,13-15H,3-4,6-11H2,1-2H3,(H2,34,35)/t13-,14+,15+/m0/s1. The highest BCUT2D eigenvalue weighted by molar-refractivity contribution is 6.36. The quantitative estimate of drug-likeness (QED) is 0.379. The highest BCUT2D eigenvalue weighted by Crippen LogP contribution is 2.52. The van der Waals surface area contributed by atoms with Gasteiger partial charge in [-0.1, -0.05) is 18.5 Å². The molecular weight excluding hydrogens is 566 g/mol. The Bertz CT molecular complexity index is 1580. The van der Waals surface area contributed by atoms with Gasteiger partial charge in [0.2, 0.25) is 0 Å². The topological polar surface area (TPSA) is 95.6 Å². The van der Waals surface area contributed by atoms with Crippen LogP contribution in [-0.4, -0.2) is 54.0 Å². The van der Waals surface area contributed by atoms with Gasteiger partial charge in [0, 0.05) is 12.0 Å². The number of fused-ring (bicyclic) bond motifs is 5. The van der Waals surface area contributed by atoms with Crippen molar-refractivity contribution >= 4 is 34.1 Å². The lowest BCUT2D eigenvalue weighted by atomic mass is 9.90. The van der Waals surface area contributed by atoms with Crippen molar-refractivity contribution in [3.63, 3.8) is 0 Å². The van der Waals surface area contributed by atoms with Gasteiger partial charge in [0.15, 0.2) is 11.6 Å². The van der Waals surface area contributed by atoms with E-state index in [-0.39, 0.29) is 63.7 Å². The third-order valence-electron chi connectivity index (χ3n) is 8.80. The number of piperidine rings is 1. The smallest absolute Gasteiger partial charge is 0.418 e. The summed E-state index contributed by atoms with van der Waals surface area (Å²) in [7, 11) is 0. The van der Waals surface area contributed by atoms with Gasteiger partial charge in [0.25, 0.3) is 0 Å². The molecule has 0 spiro atoms. The Hall–Kier alpha value is -3.12. The van der Waals surface area contributed by atoms with E-state index >= 15 is 4.39 Å². The van der Waals surface area contributed by atoms with Gasteiger partial charge in [-0.25, -0.2) is 9.37 Å². The fourth-order valence-electron chi connectivity index (χ4n) is 6.80. The van der Waals surface area contributed by atoms with Gasteiger partial charge in [0.1, 0.15) is 30.4 Å². The summed E-state index contributed by atoms with van der Waals surface area (Å²) in [6, 6.07) is 0.949. The van der Waals surface area contributed by atoms with Crippen LogP contribution in [0.15, 0.2) is 6.07 Å². The lowest BCUT2D eigenvalue weighted by molar-refractivity contribution is -0.137. The number of hydrogen-bond donors (Lipinski definition) is 1. The Morgan fingerprint density at radius 3 is 2.71 bits per heavy atom. The van der Waals surface area contributed by atoms with Crippen LogP contribution < -0.4 is 20.1 Å². The van der Waals surface area contributed by atoms with E-state index in [0.717, 1.165) is 25.3 Å². The summed E-state index contributed by atoms with van der Waals surface area (Å²) in [6.45, 7) is 5.36. The second-order valence-corrected chi connectivity index (χ2v) is 12.4. The minimum Gasteiger partial charge on any atom is -0.489 e. The molecule has 0 unspecified atom stereocenters. The number of benzene rings is 1. The first-order valence-electron chi connectivity index (χ1n) is 13.6. The van der Waals surface area contributed by atoms with Gasteiger partial charge in [-0.05, 0) is 49.7 Å². The number of anilines is 2. The van der Waals surface area contributed by atoms with Crippen LogP contribution in [0.3, 0.4) is 0 Å². The molecule has 4 aliphatic rings. The predicted octanol–water partition coefficient (Wildman–Crippen LogP) is 5.81. The summed E-state index contributed by atoms with van der Waals surface area (Å²) in [5, 5.41) is -0.125. The van der Waals surface area contributed by atoms with Crippen molar-refractivity contribution in [2.75, 3.05) is 43.6 Å². The molecule has 3 fully saturated rings. The van der Waals surface area contributed by atoms with Crippen LogP contribution in [0.5, 0.6) is 11.8 Å². The maximum Gasteiger partial charge on any atom is 0.418 e. The first-order valence-corrected chi connectivity index (χ1v) is 14.0. The molecule has 7 rings (SSSR count). The van der Waals surface area contributed by atoms with Crippen molar-refractivity contribution in [3.8, 4) is 23.0 Å². The van der Waals surface area contributed by atoms with E-state index < -0.39 is 28.8 Å². The highest BCUT2D eigenvalue weighted by Gasteiger charge is 2.46. The number of aromatic nitrogens is 3. The van der Waals surface area contributed by atoms with Crippen LogP contribution in [0.25, 0.3) is 22.2 Å². The summed E-state index contributed by atoms with van der Waals surface area (Å²) < 4.78 is 77.0. The molecule has 1 aromatic carbocycles.